The summed E-state index contributed by atoms with van der Waals surface area (Å²) in [6.45, 7) is 2.75. The molecule has 1 saturated heterocycles. The first-order chi connectivity index (χ1) is 9.72. The predicted octanol–water partition coefficient (Wildman–Crippen LogP) is 2.82. The van der Waals surface area contributed by atoms with Crippen LogP contribution in [0, 0.1) is 5.92 Å². The third-order valence-corrected chi connectivity index (χ3v) is 4.67. The van der Waals surface area contributed by atoms with E-state index >= 15 is 0 Å². The first-order valence-corrected chi connectivity index (χ1v) is 7.62. The summed E-state index contributed by atoms with van der Waals surface area (Å²) in [6, 6.07) is 1.87. The maximum Gasteiger partial charge on any atom is 0.257 e. The number of likely N-dealkylation sites (tertiary alicyclic amines) is 1. The number of hydrogen-bond acceptors (Lipinski definition) is 3. The van der Waals surface area contributed by atoms with Gasteiger partial charge in [-0.15, -0.1) is 0 Å². The number of Topliss-reactive ketones (excluding diaryl/α,β-unsaturated/α-hetero) is 1. The van der Waals surface area contributed by atoms with Gasteiger partial charge < -0.3 is 9.32 Å². The molecule has 2 heterocycles. The number of aryl methyl sites for hydroxylation is 1. The van der Waals surface area contributed by atoms with Crippen molar-refractivity contribution in [2.24, 2.45) is 5.92 Å². The molecule has 1 aliphatic carbocycles. The highest BCUT2D eigenvalue weighted by Crippen LogP contribution is 2.34. The van der Waals surface area contributed by atoms with E-state index in [1.165, 1.54) is 0 Å². The molecule has 4 heteroatoms. The van der Waals surface area contributed by atoms with Gasteiger partial charge in [0.2, 0.25) is 0 Å². The molecule has 108 valence electrons. The van der Waals surface area contributed by atoms with E-state index in [4.69, 9.17) is 4.42 Å². The van der Waals surface area contributed by atoms with Crippen LogP contribution >= 0.6 is 0 Å². The number of rotatable bonds is 3. The van der Waals surface area contributed by atoms with Crippen molar-refractivity contribution < 1.29 is 14.0 Å². The Morgan fingerprint density at radius 1 is 1.40 bits per heavy atom. The topological polar surface area (TPSA) is 50.5 Å². The second-order valence-corrected chi connectivity index (χ2v) is 5.78. The van der Waals surface area contributed by atoms with Gasteiger partial charge in [-0.05, 0) is 31.7 Å². The van der Waals surface area contributed by atoms with Crippen molar-refractivity contribution in [3.63, 3.8) is 0 Å². The first-order valence-electron chi connectivity index (χ1n) is 7.62. The average Bonchev–Trinajstić information content (AvgIpc) is 3.17. The second kappa shape index (κ2) is 5.43. The standard InChI is InChI=1S/C16H21NO3/c1-2-15-12(8-10-20-15)16(19)17-9-4-6-13(17)11-5-3-7-14(11)18/h8,10-11,13H,2-7,9H2,1H3. The molecule has 1 amide bonds. The molecule has 2 unspecified atom stereocenters. The van der Waals surface area contributed by atoms with Crippen molar-refractivity contribution in [3.05, 3.63) is 23.7 Å². The second-order valence-electron chi connectivity index (χ2n) is 5.78. The van der Waals surface area contributed by atoms with Crippen molar-refractivity contribution in [3.8, 4) is 0 Å². The summed E-state index contributed by atoms with van der Waals surface area (Å²) >= 11 is 0. The Morgan fingerprint density at radius 3 is 2.95 bits per heavy atom. The third kappa shape index (κ3) is 2.17. The van der Waals surface area contributed by atoms with E-state index in [1.54, 1.807) is 12.3 Å². The quantitative estimate of drug-likeness (QED) is 0.852. The maximum absolute atomic E-state index is 12.7. The van der Waals surface area contributed by atoms with Crippen LogP contribution in [0.1, 0.15) is 55.1 Å². The van der Waals surface area contributed by atoms with Gasteiger partial charge in [0.1, 0.15) is 11.5 Å². The number of furan rings is 1. The first kappa shape index (κ1) is 13.4. The van der Waals surface area contributed by atoms with Gasteiger partial charge in [-0.3, -0.25) is 9.59 Å². The van der Waals surface area contributed by atoms with Crippen LogP contribution in [-0.2, 0) is 11.2 Å². The Balaban J connectivity index is 1.81. The van der Waals surface area contributed by atoms with E-state index < -0.39 is 0 Å². The molecule has 20 heavy (non-hydrogen) atoms. The van der Waals surface area contributed by atoms with Crippen molar-refractivity contribution in [1.29, 1.82) is 0 Å². The van der Waals surface area contributed by atoms with Crippen LogP contribution in [0.4, 0.5) is 0 Å². The molecule has 1 aliphatic heterocycles. The number of amides is 1. The number of nitrogens with zero attached hydrogens (tertiary/aromatic N) is 1. The molecule has 1 saturated carbocycles. The summed E-state index contributed by atoms with van der Waals surface area (Å²) in [7, 11) is 0. The minimum Gasteiger partial charge on any atom is -0.469 e. The SMILES string of the molecule is CCc1occc1C(=O)N1CCCC1C1CCCC1=O. The molecule has 1 aromatic heterocycles. The van der Waals surface area contributed by atoms with Gasteiger partial charge in [0.25, 0.3) is 5.91 Å². The summed E-state index contributed by atoms with van der Waals surface area (Å²) in [5.74, 6) is 1.20. The Labute approximate surface area is 119 Å². The van der Waals surface area contributed by atoms with Crippen LogP contribution in [0.2, 0.25) is 0 Å². The van der Waals surface area contributed by atoms with Gasteiger partial charge in [-0.2, -0.15) is 0 Å². The Kier molecular flexibility index (Phi) is 3.64. The summed E-state index contributed by atoms with van der Waals surface area (Å²) in [5.41, 5.74) is 0.671. The van der Waals surface area contributed by atoms with Crippen LogP contribution in [0.15, 0.2) is 16.7 Å². The largest absolute Gasteiger partial charge is 0.469 e. The van der Waals surface area contributed by atoms with Crippen molar-refractivity contribution >= 4 is 11.7 Å². The minimum absolute atomic E-state index is 0.0396. The van der Waals surface area contributed by atoms with Gasteiger partial charge >= 0.3 is 0 Å². The molecule has 3 rings (SSSR count). The monoisotopic (exact) mass is 275 g/mol. The van der Waals surface area contributed by atoms with E-state index in [2.05, 4.69) is 0 Å². The molecule has 0 radical (unpaired) electrons. The van der Waals surface area contributed by atoms with Crippen LogP contribution in [-0.4, -0.2) is 29.2 Å². The molecule has 0 aromatic carbocycles. The highest BCUT2D eigenvalue weighted by Gasteiger charge is 2.40. The van der Waals surface area contributed by atoms with E-state index in [-0.39, 0.29) is 17.9 Å². The van der Waals surface area contributed by atoms with Gasteiger partial charge in [-0.1, -0.05) is 6.92 Å². The lowest BCUT2D eigenvalue weighted by molar-refractivity contribution is -0.121. The minimum atomic E-state index is 0.0396. The summed E-state index contributed by atoms with van der Waals surface area (Å²) < 4.78 is 5.36. The average molecular weight is 275 g/mol. The van der Waals surface area contributed by atoms with Crippen molar-refractivity contribution in [2.45, 2.75) is 51.5 Å². The zero-order chi connectivity index (χ0) is 14.1. The number of ketones is 1. The smallest absolute Gasteiger partial charge is 0.257 e. The molecule has 0 N–H and O–H groups in total. The lowest BCUT2D eigenvalue weighted by Gasteiger charge is -2.28. The van der Waals surface area contributed by atoms with Gasteiger partial charge in [0.15, 0.2) is 0 Å². The molecule has 1 aromatic rings. The normalized spacial score (nSPS) is 26.4. The molecule has 2 fully saturated rings. The molecular formula is C16H21NO3. The number of carbonyl (C=O) groups is 2. The lowest BCUT2D eigenvalue weighted by Crippen LogP contribution is -2.41. The van der Waals surface area contributed by atoms with Gasteiger partial charge in [0.05, 0.1) is 11.8 Å². The van der Waals surface area contributed by atoms with Crippen molar-refractivity contribution in [2.75, 3.05) is 6.54 Å². The van der Waals surface area contributed by atoms with Gasteiger partial charge in [-0.25, -0.2) is 0 Å². The van der Waals surface area contributed by atoms with Crippen LogP contribution in [0.25, 0.3) is 0 Å². The van der Waals surface area contributed by atoms with E-state index in [1.807, 2.05) is 11.8 Å². The highest BCUT2D eigenvalue weighted by molar-refractivity contribution is 5.96. The number of carbonyl (C=O) groups excluding carboxylic acids is 2. The lowest BCUT2D eigenvalue weighted by atomic mass is 9.94. The molecule has 4 nitrogen and oxygen atoms in total. The molecular weight excluding hydrogens is 254 g/mol. The zero-order valence-corrected chi connectivity index (χ0v) is 11.9. The van der Waals surface area contributed by atoms with Crippen LogP contribution in [0.5, 0.6) is 0 Å². The molecule has 0 bridgehead atoms. The van der Waals surface area contributed by atoms with E-state index in [9.17, 15) is 9.59 Å². The van der Waals surface area contributed by atoms with Crippen LogP contribution in [0.3, 0.4) is 0 Å². The summed E-state index contributed by atoms with van der Waals surface area (Å²) in [4.78, 5) is 26.6. The molecule has 2 aliphatic rings. The maximum atomic E-state index is 12.7. The van der Waals surface area contributed by atoms with Crippen molar-refractivity contribution in [1.82, 2.24) is 4.90 Å². The molecule has 2 atom stereocenters. The third-order valence-electron chi connectivity index (χ3n) is 4.67. The van der Waals surface area contributed by atoms with E-state index in [0.29, 0.717) is 17.8 Å². The predicted molar refractivity (Wildman–Crippen MR) is 74.5 cm³/mol. The molecule has 0 spiro atoms. The fraction of sp³-hybridized carbons (Fsp3) is 0.625. The Bertz CT molecular complexity index is 520. The highest BCUT2D eigenvalue weighted by atomic mass is 16.3. The summed E-state index contributed by atoms with van der Waals surface area (Å²) in [6.07, 6.45) is 6.87. The Hall–Kier alpha value is -1.58. The van der Waals surface area contributed by atoms with Crippen LogP contribution < -0.4 is 0 Å². The fourth-order valence-electron chi connectivity index (χ4n) is 3.67. The Morgan fingerprint density at radius 2 is 2.25 bits per heavy atom. The number of hydrogen-bond donors (Lipinski definition) is 0. The summed E-state index contributed by atoms with van der Waals surface area (Å²) in [5, 5.41) is 0. The fourth-order valence-corrected chi connectivity index (χ4v) is 3.67. The zero-order valence-electron chi connectivity index (χ0n) is 11.9. The van der Waals surface area contributed by atoms with E-state index in [0.717, 1.165) is 44.4 Å². The van der Waals surface area contributed by atoms with Gasteiger partial charge in [0, 0.05) is 31.3 Å².